The van der Waals surface area contributed by atoms with Crippen LogP contribution < -0.4 is 0 Å². The molecule has 0 aromatic rings. The van der Waals surface area contributed by atoms with E-state index in [2.05, 4.69) is 51.0 Å². The van der Waals surface area contributed by atoms with Crippen LogP contribution in [0.1, 0.15) is 57.8 Å². The molecular formula is C36H54O27S2. The number of carbonyl (C=O) groups excluding carboxylic acids is 9. The van der Waals surface area contributed by atoms with Crippen LogP contribution in [0.2, 0.25) is 0 Å². The van der Waals surface area contributed by atoms with Crippen molar-refractivity contribution in [2.45, 2.75) is 57.8 Å². The predicted octanol–water partition coefficient (Wildman–Crippen LogP) is -0.452. The zero-order valence-electron chi connectivity index (χ0n) is 36.9. The Kier molecular flexibility index (Phi) is 33.7. The van der Waals surface area contributed by atoms with Gasteiger partial charge in [0.1, 0.15) is 0 Å². The molecule has 0 aromatic heterocycles. The third kappa shape index (κ3) is 28.5. The second-order valence-electron chi connectivity index (χ2n) is 11.6. The minimum absolute atomic E-state index is 0.00815. The van der Waals surface area contributed by atoms with Gasteiger partial charge >= 0.3 is 74.5 Å². The Hall–Kier alpha value is -5.85. The molecule has 0 fully saturated rings. The van der Waals surface area contributed by atoms with Gasteiger partial charge in [-0.05, 0) is 38.5 Å². The number of ether oxygens (including phenoxy) is 9. The molecular weight excluding hydrogens is 929 g/mol. The fourth-order valence-corrected chi connectivity index (χ4v) is 5.16. The molecule has 29 heteroatoms. The van der Waals surface area contributed by atoms with E-state index in [1.807, 2.05) is 0 Å². The molecule has 65 heavy (non-hydrogen) atoms. The molecule has 0 atom stereocenters. The summed E-state index contributed by atoms with van der Waals surface area (Å²) in [6, 6.07) is 0. The number of aliphatic hydroxyl groups is 1. The summed E-state index contributed by atoms with van der Waals surface area (Å²) < 4.78 is 107. The number of carbonyl (C=O) groups is 9. The van der Waals surface area contributed by atoms with Crippen LogP contribution >= 0.6 is 0 Å². The Morgan fingerprint density at radius 3 is 0.754 bits per heavy atom. The van der Waals surface area contributed by atoms with E-state index in [0.717, 1.165) is 56.9 Å². The van der Waals surface area contributed by atoms with Crippen LogP contribution in [-0.4, -0.2) is 169 Å². The highest BCUT2D eigenvalue weighted by Crippen LogP contribution is 2.21. The number of methoxy groups -OCH3 is 9. The van der Waals surface area contributed by atoms with Gasteiger partial charge in [-0.1, -0.05) is 0 Å². The largest absolute Gasteiger partial charge is 0.469 e. The average Bonchev–Trinajstić information content (AvgIpc) is 3.27. The minimum Gasteiger partial charge on any atom is -0.469 e. The first-order valence-corrected chi connectivity index (χ1v) is 20.8. The molecule has 372 valence electrons. The first-order valence-electron chi connectivity index (χ1n) is 18.0. The average molecular weight is 983 g/mol. The Labute approximate surface area is 374 Å². The van der Waals surface area contributed by atoms with Gasteiger partial charge in [0.15, 0.2) is 0 Å². The lowest BCUT2D eigenvalue weighted by molar-refractivity contribution is -0.144. The van der Waals surface area contributed by atoms with Crippen molar-refractivity contribution < 1.29 is 125 Å². The van der Waals surface area contributed by atoms with E-state index in [4.69, 9.17) is 14.2 Å². The Bertz CT molecular complexity index is 1860. The molecule has 0 aliphatic rings. The van der Waals surface area contributed by atoms with Crippen LogP contribution in [0.4, 0.5) is 0 Å². The van der Waals surface area contributed by atoms with Crippen molar-refractivity contribution in [3.8, 4) is 0 Å². The summed E-state index contributed by atoms with van der Waals surface area (Å²) in [6.45, 7) is -1.04. The maximum absolute atomic E-state index is 11.8. The van der Waals surface area contributed by atoms with Crippen molar-refractivity contribution in [3.63, 3.8) is 0 Å². The molecule has 0 bridgehead atoms. The Morgan fingerprint density at radius 1 is 0.354 bits per heavy atom. The van der Waals surface area contributed by atoms with E-state index in [0.29, 0.717) is 0 Å². The summed E-state index contributed by atoms with van der Waals surface area (Å²) in [4.78, 5) is 104. The normalized spacial score (nSPS) is 11.9. The molecule has 0 saturated carbocycles. The van der Waals surface area contributed by atoms with Gasteiger partial charge in [0.2, 0.25) is 0 Å². The van der Waals surface area contributed by atoms with E-state index in [-0.39, 0.29) is 85.0 Å². The van der Waals surface area contributed by atoms with Gasteiger partial charge in [-0.15, -0.1) is 0 Å². The first kappa shape index (κ1) is 63.4. The lowest BCUT2D eigenvalue weighted by atomic mass is 10.0. The maximum atomic E-state index is 11.8. The van der Waals surface area contributed by atoms with Crippen molar-refractivity contribution in [2.75, 3.05) is 83.8 Å². The van der Waals surface area contributed by atoms with E-state index in [1.165, 1.54) is 7.11 Å². The molecule has 0 aromatic carbocycles. The quantitative estimate of drug-likeness (QED) is 0.0343. The SMILES string of the molecule is COC(=O)C/C(C(=O)OC)=C(/CCCO)C(=O)OC.COC(=O)C/C(C(=O)OC)=C(/CCCOS(=O)(=O)O)C(=O)OC.COC(=O)C/C(C(=O)OC)=C(\CCCOS(=O)(=O)O)C(=O)OC. The first-order chi connectivity index (χ1) is 30.3. The van der Waals surface area contributed by atoms with Crippen LogP contribution in [0.5, 0.6) is 0 Å². The van der Waals surface area contributed by atoms with Crippen molar-refractivity contribution >= 4 is 74.5 Å². The highest BCUT2D eigenvalue weighted by Gasteiger charge is 2.27. The van der Waals surface area contributed by atoms with Gasteiger partial charge < -0.3 is 47.7 Å². The maximum Gasteiger partial charge on any atom is 0.397 e. The molecule has 3 N–H and O–H groups in total. The molecule has 0 rings (SSSR count). The molecule has 0 saturated heterocycles. The number of hydrogen-bond donors (Lipinski definition) is 3. The molecule has 0 aliphatic heterocycles. The van der Waals surface area contributed by atoms with Gasteiger partial charge in [-0.3, -0.25) is 23.5 Å². The second-order valence-corrected chi connectivity index (χ2v) is 13.8. The topological polar surface area (TPSA) is 384 Å². The molecule has 27 nitrogen and oxygen atoms in total. The number of rotatable bonds is 25. The summed E-state index contributed by atoms with van der Waals surface area (Å²) >= 11 is 0. The summed E-state index contributed by atoms with van der Waals surface area (Å²) in [5.74, 6) is -7.39. The van der Waals surface area contributed by atoms with Gasteiger partial charge in [0, 0.05) is 23.3 Å². The van der Waals surface area contributed by atoms with Gasteiger partial charge in [-0.2, -0.15) is 16.8 Å². The highest BCUT2D eigenvalue weighted by atomic mass is 32.3. The highest BCUT2D eigenvalue weighted by molar-refractivity contribution is 7.81. The molecule has 0 heterocycles. The van der Waals surface area contributed by atoms with Crippen LogP contribution in [-0.2, 0) is 115 Å². The van der Waals surface area contributed by atoms with Crippen molar-refractivity contribution in [3.05, 3.63) is 33.4 Å². The minimum atomic E-state index is -4.61. The van der Waals surface area contributed by atoms with Crippen LogP contribution in [0.25, 0.3) is 0 Å². The van der Waals surface area contributed by atoms with Crippen LogP contribution in [0, 0.1) is 0 Å². The smallest absolute Gasteiger partial charge is 0.397 e. The number of esters is 9. The molecule has 0 aliphatic carbocycles. The van der Waals surface area contributed by atoms with E-state index >= 15 is 0 Å². The molecule has 0 amide bonds. The lowest BCUT2D eigenvalue weighted by Crippen LogP contribution is -2.18. The summed E-state index contributed by atoms with van der Waals surface area (Å²) in [6.07, 6.45) is -1.47. The van der Waals surface area contributed by atoms with Gasteiger partial charge in [0.25, 0.3) is 0 Å². The fourth-order valence-electron chi connectivity index (χ4n) is 4.51. The monoisotopic (exact) mass is 982 g/mol. The van der Waals surface area contributed by atoms with Crippen molar-refractivity contribution in [2.24, 2.45) is 0 Å². The predicted molar refractivity (Wildman–Crippen MR) is 213 cm³/mol. The second kappa shape index (κ2) is 34.5. The zero-order chi connectivity index (χ0) is 50.9. The third-order valence-electron chi connectivity index (χ3n) is 7.52. The Morgan fingerprint density at radius 2 is 0.569 bits per heavy atom. The van der Waals surface area contributed by atoms with Crippen molar-refractivity contribution in [1.29, 1.82) is 0 Å². The van der Waals surface area contributed by atoms with E-state index in [9.17, 15) is 60.0 Å². The fraction of sp³-hybridized carbons (Fsp3) is 0.583. The molecule has 0 spiro atoms. The number of hydrogen-bond acceptors (Lipinski definition) is 25. The summed E-state index contributed by atoms with van der Waals surface area (Å²) in [5.41, 5.74) is -0.994. The summed E-state index contributed by atoms with van der Waals surface area (Å²) in [5, 5.41) is 8.79. The third-order valence-corrected chi connectivity index (χ3v) is 8.45. The van der Waals surface area contributed by atoms with E-state index < -0.39 is 101 Å². The van der Waals surface area contributed by atoms with Gasteiger partial charge in [-0.25, -0.2) is 37.1 Å². The Balaban J connectivity index is -0.000000892. The summed E-state index contributed by atoms with van der Waals surface area (Å²) in [7, 11) is 0.740. The standard InChI is InChI=1S/2C12H18O10S.C12H18O7/c2*1-19-10(13)7-9(12(15)21-3)8(11(14)20-2)5-4-6-22-23(16,17)18;1-17-10(14)7-9(12(16)19-3)8(5-4-6-13)11(15)18-2/h2*4-7H2,1-3H3,(H,16,17,18);13H,4-7H2,1-3H3/b9-8+;9-8-;9-8+. The van der Waals surface area contributed by atoms with Crippen LogP contribution in [0.15, 0.2) is 33.4 Å². The van der Waals surface area contributed by atoms with E-state index in [1.54, 1.807) is 0 Å². The molecule has 0 radical (unpaired) electrons. The lowest BCUT2D eigenvalue weighted by Gasteiger charge is -2.11. The van der Waals surface area contributed by atoms with Gasteiger partial charge in [0.05, 0.1) is 113 Å². The van der Waals surface area contributed by atoms with Crippen LogP contribution in [0.3, 0.4) is 0 Å². The number of aliphatic hydroxyl groups excluding tert-OH is 1. The molecule has 0 unspecified atom stereocenters. The van der Waals surface area contributed by atoms with Crippen molar-refractivity contribution in [1.82, 2.24) is 0 Å². The zero-order valence-corrected chi connectivity index (χ0v) is 38.6.